The van der Waals surface area contributed by atoms with Crippen molar-refractivity contribution in [2.45, 2.75) is 98.7 Å². The van der Waals surface area contributed by atoms with Crippen molar-refractivity contribution in [2.75, 3.05) is 27.3 Å². The van der Waals surface area contributed by atoms with Crippen LogP contribution < -0.4 is 28.3 Å². The van der Waals surface area contributed by atoms with Crippen LogP contribution in [0, 0.1) is 0 Å². The van der Waals surface area contributed by atoms with Gasteiger partial charge in [-0.15, -0.1) is 0 Å². The van der Waals surface area contributed by atoms with E-state index in [1.807, 2.05) is 0 Å². The predicted octanol–water partition coefficient (Wildman–Crippen LogP) is -4.00. The Morgan fingerprint density at radius 1 is 1.03 bits per heavy atom. The molecule has 0 aromatic carbocycles. The van der Waals surface area contributed by atoms with Crippen LogP contribution in [0.4, 0.5) is 0 Å². The topological polar surface area (TPSA) is 223 Å². The fourth-order valence-electron chi connectivity index (χ4n) is 4.91. The summed E-state index contributed by atoms with van der Waals surface area (Å²) in [5.41, 5.74) is 23.2. The first-order valence-corrected chi connectivity index (χ1v) is 11.4. The highest BCUT2D eigenvalue weighted by atomic mass is 16.8. The first kappa shape index (κ1) is 27.1. The van der Waals surface area contributed by atoms with E-state index in [-0.39, 0.29) is 19.6 Å². The van der Waals surface area contributed by atoms with Crippen LogP contribution >= 0.6 is 0 Å². The summed E-state index contributed by atoms with van der Waals surface area (Å²) in [6.07, 6.45) is -5.07. The summed E-state index contributed by atoms with van der Waals surface area (Å²) in [5, 5.41) is 35.1. The van der Waals surface area contributed by atoms with Gasteiger partial charge in [0.2, 0.25) is 0 Å². The molecule has 0 amide bonds. The van der Waals surface area contributed by atoms with E-state index in [0.717, 1.165) is 0 Å². The highest BCUT2D eigenvalue weighted by Gasteiger charge is 2.51. The van der Waals surface area contributed by atoms with Crippen molar-refractivity contribution in [3.05, 3.63) is 0 Å². The number of hydrogen-bond acceptors (Lipinski definition) is 13. The standard InChI is InChI=1S/C20H41N5O8/c1-19(28)8-30-18(13(27)16(19)25-2)32-15-11(24)6-10(23)14(12(15)26)31-17-9(22)4-5-20(7-21,29-3)33-17/h9-18,25-28H,4-8,21-24H2,1-3H3/t9-,10+,11-,12+,13-,14-,15+,16-,17+,18-,19+,20-/m1/s1. The summed E-state index contributed by atoms with van der Waals surface area (Å²) in [5.74, 6) is -1.03. The molecule has 12 atom stereocenters. The van der Waals surface area contributed by atoms with Crippen LogP contribution in [0.5, 0.6) is 0 Å². The van der Waals surface area contributed by atoms with Gasteiger partial charge >= 0.3 is 0 Å². The minimum absolute atomic E-state index is 0.0827. The van der Waals surface area contributed by atoms with Crippen LogP contribution in [-0.2, 0) is 23.7 Å². The molecule has 0 unspecified atom stereocenters. The van der Waals surface area contributed by atoms with Gasteiger partial charge in [-0.1, -0.05) is 0 Å². The Morgan fingerprint density at radius 2 is 1.64 bits per heavy atom. The van der Waals surface area contributed by atoms with Crippen molar-refractivity contribution in [3.63, 3.8) is 0 Å². The second-order valence-electron chi connectivity index (χ2n) is 9.56. The summed E-state index contributed by atoms with van der Waals surface area (Å²) in [6, 6.07) is -2.46. The van der Waals surface area contributed by atoms with Crippen LogP contribution in [0.2, 0.25) is 0 Å². The first-order valence-electron chi connectivity index (χ1n) is 11.4. The lowest BCUT2D eigenvalue weighted by Crippen LogP contribution is -2.69. The summed E-state index contributed by atoms with van der Waals surface area (Å²) < 4.78 is 28.9. The lowest BCUT2D eigenvalue weighted by Gasteiger charge is -2.49. The molecule has 3 fully saturated rings. The largest absolute Gasteiger partial charge is 0.388 e. The minimum atomic E-state index is -1.30. The number of aliphatic hydroxyl groups is 3. The fourth-order valence-corrected chi connectivity index (χ4v) is 4.91. The van der Waals surface area contributed by atoms with E-state index in [9.17, 15) is 15.3 Å². The Kier molecular flexibility index (Phi) is 8.71. The van der Waals surface area contributed by atoms with Gasteiger partial charge in [0.05, 0.1) is 18.7 Å². The van der Waals surface area contributed by atoms with E-state index in [2.05, 4.69) is 5.32 Å². The second kappa shape index (κ2) is 10.6. The quantitative estimate of drug-likeness (QED) is 0.174. The number of hydrogen-bond donors (Lipinski definition) is 8. The molecular weight excluding hydrogens is 438 g/mol. The molecular formula is C20H41N5O8. The lowest BCUT2D eigenvalue weighted by atomic mass is 9.84. The normalized spacial score (nSPS) is 51.5. The third-order valence-electron chi connectivity index (χ3n) is 7.01. The van der Waals surface area contributed by atoms with Gasteiger partial charge in [-0.25, -0.2) is 0 Å². The molecule has 0 bridgehead atoms. The molecule has 12 N–H and O–H groups in total. The third-order valence-corrected chi connectivity index (χ3v) is 7.01. The summed E-state index contributed by atoms with van der Waals surface area (Å²) in [6.45, 7) is 1.58. The van der Waals surface area contributed by atoms with Gasteiger partial charge < -0.3 is 67.3 Å². The van der Waals surface area contributed by atoms with Gasteiger partial charge in [-0.05, 0) is 26.8 Å². The number of likely N-dealkylation sites (N-methyl/N-ethyl adjacent to an activating group) is 1. The third kappa shape index (κ3) is 5.51. The molecule has 194 valence electrons. The number of nitrogens with one attached hydrogen (secondary N) is 1. The molecule has 0 aromatic heterocycles. The molecule has 3 aliphatic rings. The highest BCUT2D eigenvalue weighted by molar-refractivity contribution is 5.02. The van der Waals surface area contributed by atoms with Gasteiger partial charge in [0.1, 0.15) is 30.0 Å². The number of ether oxygens (including phenoxy) is 5. The Balaban J connectivity index is 1.71. The van der Waals surface area contributed by atoms with Crippen LogP contribution in [0.25, 0.3) is 0 Å². The van der Waals surface area contributed by atoms with E-state index in [1.165, 1.54) is 7.11 Å². The molecule has 0 aromatic rings. The monoisotopic (exact) mass is 479 g/mol. The van der Waals surface area contributed by atoms with Crippen molar-refractivity contribution in [3.8, 4) is 0 Å². The first-order chi connectivity index (χ1) is 15.5. The minimum Gasteiger partial charge on any atom is -0.388 e. The van der Waals surface area contributed by atoms with Crippen molar-refractivity contribution >= 4 is 0 Å². The van der Waals surface area contributed by atoms with Gasteiger partial charge in [-0.2, -0.15) is 0 Å². The van der Waals surface area contributed by atoms with E-state index >= 15 is 0 Å². The maximum absolute atomic E-state index is 11.1. The fraction of sp³-hybridized carbons (Fsp3) is 1.00. The molecule has 2 aliphatic heterocycles. The summed E-state index contributed by atoms with van der Waals surface area (Å²) >= 11 is 0. The van der Waals surface area contributed by atoms with Crippen molar-refractivity contribution in [1.82, 2.24) is 5.32 Å². The average molecular weight is 480 g/mol. The molecule has 2 saturated heterocycles. The molecule has 2 heterocycles. The highest BCUT2D eigenvalue weighted by Crippen LogP contribution is 2.33. The number of methoxy groups -OCH3 is 1. The van der Waals surface area contributed by atoms with Crippen molar-refractivity contribution in [2.24, 2.45) is 22.9 Å². The second-order valence-corrected chi connectivity index (χ2v) is 9.56. The molecule has 1 aliphatic carbocycles. The zero-order chi connectivity index (χ0) is 24.6. The van der Waals surface area contributed by atoms with Gasteiger partial charge in [0.15, 0.2) is 18.4 Å². The van der Waals surface area contributed by atoms with Gasteiger partial charge in [0, 0.05) is 32.2 Å². The van der Waals surface area contributed by atoms with Crippen LogP contribution in [0.1, 0.15) is 26.2 Å². The smallest absolute Gasteiger partial charge is 0.185 e. The molecule has 3 rings (SSSR count). The maximum Gasteiger partial charge on any atom is 0.185 e. The SMILES string of the molecule is CN[C@@H]1[C@@H](O)[C@@H](O[C@@H]2[C@@H](O)[C@H](O[C@H]3O[C@](CN)(OC)CC[C@H]3N)[C@@H](N)C[C@H]2N)OC[C@]1(C)O. The lowest BCUT2D eigenvalue weighted by molar-refractivity contribution is -0.346. The summed E-state index contributed by atoms with van der Waals surface area (Å²) in [7, 11) is 3.11. The number of aliphatic hydroxyl groups excluding tert-OH is 2. The van der Waals surface area contributed by atoms with Crippen LogP contribution in [-0.4, -0.2) is 115 Å². The van der Waals surface area contributed by atoms with E-state index in [0.29, 0.717) is 12.8 Å². The zero-order valence-electron chi connectivity index (χ0n) is 19.5. The predicted molar refractivity (Wildman–Crippen MR) is 116 cm³/mol. The number of nitrogens with two attached hydrogens (primary N) is 4. The Bertz CT molecular complexity index is 642. The van der Waals surface area contributed by atoms with Crippen LogP contribution in [0.15, 0.2) is 0 Å². The molecule has 33 heavy (non-hydrogen) atoms. The van der Waals surface area contributed by atoms with Gasteiger partial charge in [-0.3, -0.25) is 0 Å². The molecule has 0 spiro atoms. The Hall–Kier alpha value is -0.520. The molecule has 13 heteroatoms. The maximum atomic E-state index is 11.1. The molecule has 0 radical (unpaired) electrons. The van der Waals surface area contributed by atoms with E-state index in [1.54, 1.807) is 14.0 Å². The zero-order valence-corrected chi connectivity index (χ0v) is 19.5. The van der Waals surface area contributed by atoms with E-state index in [4.69, 9.17) is 46.6 Å². The van der Waals surface area contributed by atoms with Crippen molar-refractivity contribution in [1.29, 1.82) is 0 Å². The molecule has 1 saturated carbocycles. The Labute approximate surface area is 194 Å². The summed E-state index contributed by atoms with van der Waals surface area (Å²) in [4.78, 5) is 0. The van der Waals surface area contributed by atoms with E-state index < -0.39 is 72.6 Å². The van der Waals surface area contributed by atoms with Gasteiger partial charge in [0.25, 0.3) is 0 Å². The van der Waals surface area contributed by atoms with Crippen LogP contribution in [0.3, 0.4) is 0 Å². The Morgan fingerprint density at radius 3 is 2.18 bits per heavy atom. The average Bonchev–Trinajstić information content (AvgIpc) is 2.77. The molecule has 13 nitrogen and oxygen atoms in total. The van der Waals surface area contributed by atoms with Crippen molar-refractivity contribution < 1.29 is 39.0 Å². The number of rotatable bonds is 7.